The van der Waals surface area contributed by atoms with Gasteiger partial charge in [-0.2, -0.15) is 0 Å². The molecule has 1 heteroatoms. The second-order valence-electron chi connectivity index (χ2n) is 10.0. The zero-order valence-electron chi connectivity index (χ0n) is 20.9. The quantitative estimate of drug-likeness (QED) is 0.233. The molecule has 1 nitrogen and oxygen atoms in total. The van der Waals surface area contributed by atoms with Crippen molar-refractivity contribution in [3.05, 3.63) is 133 Å². The van der Waals surface area contributed by atoms with Gasteiger partial charge in [0.25, 0.3) is 0 Å². The number of fused-ring (bicyclic) bond motifs is 3. The minimum Gasteiger partial charge on any atom is -0.264 e. The second kappa shape index (κ2) is 8.87. The van der Waals surface area contributed by atoms with Gasteiger partial charge in [-0.3, -0.25) is 4.98 Å². The van der Waals surface area contributed by atoms with Gasteiger partial charge in [-0.1, -0.05) is 116 Å². The summed E-state index contributed by atoms with van der Waals surface area (Å²) in [5.41, 5.74) is 7.59. The van der Waals surface area contributed by atoms with Crippen LogP contribution in [0.15, 0.2) is 128 Å². The third-order valence-electron chi connectivity index (χ3n) is 7.70. The van der Waals surface area contributed by atoms with Crippen LogP contribution >= 0.6 is 0 Å². The summed E-state index contributed by atoms with van der Waals surface area (Å²) in [5.74, 6) is 0.588. The fourth-order valence-corrected chi connectivity index (χ4v) is 5.93. The largest absolute Gasteiger partial charge is 0.264 e. The van der Waals surface area contributed by atoms with Gasteiger partial charge in [-0.05, 0) is 78.5 Å². The molecular weight excluding hydrogens is 446 g/mol. The highest BCUT2D eigenvalue weighted by atomic mass is 14.6. The molecule has 1 aliphatic carbocycles. The van der Waals surface area contributed by atoms with E-state index >= 15 is 0 Å². The number of hydrogen-bond donors (Lipinski definition) is 0. The molecule has 0 saturated heterocycles. The number of hydrogen-bond acceptors (Lipinski definition) is 1. The Morgan fingerprint density at radius 2 is 1.16 bits per heavy atom. The lowest BCUT2D eigenvalue weighted by atomic mass is 9.82. The Labute approximate surface area is 217 Å². The number of allylic oxidation sites excluding steroid dienone is 4. The van der Waals surface area contributed by atoms with Crippen molar-refractivity contribution < 1.29 is 0 Å². The van der Waals surface area contributed by atoms with E-state index in [9.17, 15) is 0 Å². The first kappa shape index (κ1) is 21.8. The fourth-order valence-electron chi connectivity index (χ4n) is 5.93. The maximum absolute atomic E-state index is 4.38. The lowest BCUT2D eigenvalue weighted by Crippen LogP contribution is -1.97. The summed E-state index contributed by atoms with van der Waals surface area (Å²) in [6.45, 7) is 2.28. The molecule has 6 aromatic rings. The molecule has 7 rings (SSSR count). The van der Waals surface area contributed by atoms with Crippen molar-refractivity contribution in [1.29, 1.82) is 0 Å². The van der Waals surface area contributed by atoms with Crippen molar-refractivity contribution in [3.8, 4) is 22.3 Å². The van der Waals surface area contributed by atoms with Crippen molar-refractivity contribution in [1.82, 2.24) is 4.98 Å². The van der Waals surface area contributed by atoms with Crippen molar-refractivity contribution in [2.75, 3.05) is 0 Å². The first-order valence-electron chi connectivity index (χ1n) is 13.0. The van der Waals surface area contributed by atoms with E-state index in [1.165, 1.54) is 60.1 Å². The molecule has 5 aromatic carbocycles. The average molecular weight is 474 g/mol. The predicted octanol–water partition coefficient (Wildman–Crippen LogP) is 9.85. The summed E-state index contributed by atoms with van der Waals surface area (Å²) in [7, 11) is 0. The Morgan fingerprint density at radius 1 is 0.595 bits per heavy atom. The third-order valence-corrected chi connectivity index (χ3v) is 7.70. The zero-order valence-corrected chi connectivity index (χ0v) is 20.9. The van der Waals surface area contributed by atoms with Gasteiger partial charge in [0.1, 0.15) is 0 Å². The molecule has 1 heterocycles. The topological polar surface area (TPSA) is 12.9 Å². The molecule has 1 aromatic heterocycles. The molecule has 0 amide bonds. The molecule has 0 spiro atoms. The number of nitrogens with zero attached hydrogens (tertiary/aromatic N) is 1. The lowest BCUT2D eigenvalue weighted by molar-refractivity contribution is 0.739. The molecule has 0 fully saturated rings. The molecule has 1 unspecified atom stereocenters. The fraction of sp³-hybridized carbons (Fsp3) is 0.0833. The number of benzene rings is 5. The minimum atomic E-state index is 0.588. The minimum absolute atomic E-state index is 0.588. The highest BCUT2D eigenvalue weighted by Crippen LogP contribution is 2.45. The van der Waals surface area contributed by atoms with Gasteiger partial charge < -0.3 is 0 Å². The van der Waals surface area contributed by atoms with Gasteiger partial charge in [0.05, 0.1) is 0 Å². The van der Waals surface area contributed by atoms with Crippen LogP contribution in [0.25, 0.3) is 60.1 Å². The average Bonchev–Trinajstić information content (AvgIpc) is 2.96. The Bertz CT molecular complexity index is 1800. The molecule has 0 bridgehead atoms. The summed E-state index contributed by atoms with van der Waals surface area (Å²) in [6.07, 6.45) is 11.9. The van der Waals surface area contributed by atoms with Crippen molar-refractivity contribution in [2.24, 2.45) is 5.92 Å². The molecule has 1 aliphatic rings. The van der Waals surface area contributed by atoms with Crippen molar-refractivity contribution in [3.63, 3.8) is 0 Å². The van der Waals surface area contributed by atoms with Crippen LogP contribution in [0.1, 0.15) is 18.9 Å². The van der Waals surface area contributed by atoms with E-state index < -0.39 is 0 Å². The number of aromatic nitrogens is 1. The predicted molar refractivity (Wildman–Crippen MR) is 159 cm³/mol. The molecular formula is C36H27N. The van der Waals surface area contributed by atoms with E-state index in [2.05, 4.69) is 121 Å². The summed E-state index contributed by atoms with van der Waals surface area (Å²) < 4.78 is 0. The molecule has 1 atom stereocenters. The second-order valence-corrected chi connectivity index (χ2v) is 10.0. The van der Waals surface area contributed by atoms with E-state index in [-0.39, 0.29) is 0 Å². The summed E-state index contributed by atoms with van der Waals surface area (Å²) in [6, 6.07) is 35.3. The normalized spacial score (nSPS) is 15.4. The summed E-state index contributed by atoms with van der Waals surface area (Å²) in [4.78, 5) is 4.38. The van der Waals surface area contributed by atoms with E-state index in [4.69, 9.17) is 0 Å². The van der Waals surface area contributed by atoms with Gasteiger partial charge in [0.15, 0.2) is 0 Å². The Morgan fingerprint density at radius 3 is 1.73 bits per heavy atom. The van der Waals surface area contributed by atoms with Crippen molar-refractivity contribution in [2.45, 2.75) is 13.3 Å². The molecule has 0 saturated carbocycles. The SMILES string of the molecule is CC1C=CC(c2c3ccccc3c(-c3ccc(-c4cccnc4)c4ccccc34)c3ccccc23)=CC1. The Balaban J connectivity index is 1.59. The maximum Gasteiger partial charge on any atom is 0.0346 e. The van der Waals surface area contributed by atoms with Gasteiger partial charge in [-0.25, -0.2) is 0 Å². The summed E-state index contributed by atoms with van der Waals surface area (Å²) >= 11 is 0. The number of rotatable bonds is 3. The van der Waals surface area contributed by atoms with Crippen LogP contribution in [0.3, 0.4) is 0 Å². The van der Waals surface area contributed by atoms with Crippen LogP contribution in [0.2, 0.25) is 0 Å². The van der Waals surface area contributed by atoms with Crippen LogP contribution in [0.5, 0.6) is 0 Å². The third kappa shape index (κ3) is 3.58. The maximum atomic E-state index is 4.38. The Hall–Kier alpha value is -4.49. The molecule has 0 N–H and O–H groups in total. The van der Waals surface area contributed by atoms with E-state index in [1.54, 1.807) is 0 Å². The van der Waals surface area contributed by atoms with Crippen LogP contribution in [-0.4, -0.2) is 4.98 Å². The van der Waals surface area contributed by atoms with Crippen LogP contribution in [0, 0.1) is 5.92 Å². The highest BCUT2D eigenvalue weighted by Gasteiger charge is 2.19. The highest BCUT2D eigenvalue weighted by molar-refractivity contribution is 6.22. The first-order valence-corrected chi connectivity index (χ1v) is 13.0. The first-order chi connectivity index (χ1) is 18.3. The van der Waals surface area contributed by atoms with Gasteiger partial charge >= 0.3 is 0 Å². The van der Waals surface area contributed by atoms with Gasteiger partial charge in [0, 0.05) is 18.0 Å². The molecule has 176 valence electrons. The van der Waals surface area contributed by atoms with Gasteiger partial charge in [-0.15, -0.1) is 0 Å². The van der Waals surface area contributed by atoms with E-state index in [0.717, 1.165) is 12.0 Å². The monoisotopic (exact) mass is 473 g/mol. The van der Waals surface area contributed by atoms with Crippen LogP contribution in [0.4, 0.5) is 0 Å². The van der Waals surface area contributed by atoms with E-state index in [0.29, 0.717) is 5.92 Å². The molecule has 0 radical (unpaired) electrons. The van der Waals surface area contributed by atoms with Gasteiger partial charge in [0.2, 0.25) is 0 Å². The Kier molecular flexibility index (Phi) is 5.22. The lowest BCUT2D eigenvalue weighted by Gasteiger charge is -2.21. The molecule has 37 heavy (non-hydrogen) atoms. The van der Waals surface area contributed by atoms with E-state index in [1.807, 2.05) is 18.5 Å². The molecule has 0 aliphatic heterocycles. The van der Waals surface area contributed by atoms with Crippen LogP contribution in [-0.2, 0) is 0 Å². The standard InChI is InChI=1S/C36H27N/c1-24-16-18-25(19-17-24)35-30-12-4-6-14-32(30)36(33-15-7-5-13-31(33)35)34-21-20-27(26-9-8-22-37-23-26)28-10-2-3-11-29(28)34/h2-16,18-24H,17H2,1H3. The smallest absolute Gasteiger partial charge is 0.0346 e. The zero-order chi connectivity index (χ0) is 24.8. The number of pyridine rings is 1. The summed E-state index contributed by atoms with van der Waals surface area (Å²) in [5, 5.41) is 7.71. The van der Waals surface area contributed by atoms with Crippen LogP contribution < -0.4 is 0 Å². The van der Waals surface area contributed by atoms with Crippen molar-refractivity contribution >= 4 is 37.9 Å².